The van der Waals surface area contributed by atoms with Crippen molar-refractivity contribution < 1.29 is 19.9 Å². The normalized spacial score (nSPS) is 15.2. The van der Waals surface area contributed by atoms with Gasteiger partial charge in [-0.15, -0.1) is 0 Å². The molecule has 0 atom stereocenters. The largest absolute Gasteiger partial charge is 0.396 e. The lowest BCUT2D eigenvalue weighted by Crippen LogP contribution is -2.22. The molecule has 7 heterocycles. The van der Waals surface area contributed by atoms with Crippen LogP contribution in [-0.2, 0) is 0 Å². The zero-order valence-electron chi connectivity index (χ0n) is 34.1. The molecular weight excluding hydrogens is 834 g/mol. The molecule has 57 heavy (non-hydrogen) atoms. The van der Waals surface area contributed by atoms with Crippen LogP contribution >= 0.6 is 58.0 Å². The topological polar surface area (TPSA) is 182 Å². The molecule has 0 unspecified atom stereocenters. The van der Waals surface area contributed by atoms with Crippen LogP contribution in [-0.4, -0.2) is 53.0 Å². The van der Waals surface area contributed by atoms with Gasteiger partial charge in [-0.05, 0) is 116 Å². The summed E-state index contributed by atoms with van der Waals surface area (Å²) in [5.74, 6) is -0.232. The molecule has 292 valence electrons. The van der Waals surface area contributed by atoms with Gasteiger partial charge in [0.05, 0.1) is 33.8 Å². The molecule has 18 heteroatoms. The average molecular weight is 871 g/mol. The first kappa shape index (κ1) is 37.2. The third-order valence-electron chi connectivity index (χ3n) is 7.88. The molecule has 0 aromatic carbocycles. The van der Waals surface area contributed by atoms with Gasteiger partial charge in [0.1, 0.15) is 16.1 Å². The van der Waals surface area contributed by atoms with Crippen molar-refractivity contribution in [2.24, 2.45) is 0 Å². The van der Waals surface area contributed by atoms with Gasteiger partial charge in [0, 0.05) is 48.7 Å². The van der Waals surface area contributed by atoms with Gasteiger partial charge in [-0.25, -0.2) is 29.9 Å². The Morgan fingerprint density at radius 1 is 0.719 bits per heavy atom. The Balaban J connectivity index is 0.000000167. The minimum Gasteiger partial charge on any atom is -0.396 e. The number of nitrogens with two attached hydrogens (primary N) is 1. The SMILES string of the molecule is Cc1ccnc(Cl)c1N.Cc1ccnc(Cl)c1NC(=O)c1cccnc1Cl.O=C(Cl)c1cccnc1Cl.[2H]C1([2H])C(N2c3ncccc3C(=O)Nc3c(C)ccnc32)C1([2H])[2H]. The standard InChI is InChI=1S/C15H14N4O.C12H9Cl2N3O.C6H3Cl2NO.C6H7ClN2/c1-9-6-8-17-14-12(9)18-15(20)11-3-2-7-16-13(11)19(14)10-4-5-10;1-7-4-6-16-11(14)9(7)17-12(18)8-3-2-5-15-10(8)13;7-5-4(6(8)10)2-1-3-9-5;1-4-2-3-9-6(7)5(4)8/h2-3,6-8,10H,4-5H2,1H3,(H,18,20);2-6H,1H3,(H,17,18);1-3H;2-3H,8H2,1H3/i4D2,5D2;;;. The summed E-state index contributed by atoms with van der Waals surface area (Å²) >= 11 is 28.0. The number of carbonyl (C=O) groups is 3. The van der Waals surface area contributed by atoms with Crippen LogP contribution in [0.25, 0.3) is 0 Å². The van der Waals surface area contributed by atoms with Crippen molar-refractivity contribution in [2.45, 2.75) is 39.6 Å². The highest BCUT2D eigenvalue weighted by Crippen LogP contribution is 2.43. The number of carbonyl (C=O) groups excluding carboxylic acids is 3. The maximum atomic E-state index is 12.5. The molecule has 1 saturated carbocycles. The van der Waals surface area contributed by atoms with Gasteiger partial charge in [-0.1, -0.05) is 46.4 Å². The van der Waals surface area contributed by atoms with E-state index in [-0.39, 0.29) is 44.2 Å². The molecule has 8 rings (SSSR count). The Morgan fingerprint density at radius 2 is 1.25 bits per heavy atom. The monoisotopic (exact) mass is 868 g/mol. The number of pyridine rings is 6. The van der Waals surface area contributed by atoms with Crippen molar-refractivity contribution in [1.29, 1.82) is 0 Å². The highest BCUT2D eigenvalue weighted by molar-refractivity contribution is 6.68. The van der Waals surface area contributed by atoms with Crippen LogP contribution in [0, 0.1) is 20.8 Å². The number of hydrogen-bond acceptors (Lipinski definition) is 11. The van der Waals surface area contributed by atoms with Crippen LogP contribution in [0.5, 0.6) is 0 Å². The van der Waals surface area contributed by atoms with Crippen LogP contribution in [0.15, 0.2) is 91.8 Å². The number of fused-ring (bicyclic) bond motifs is 2. The molecule has 6 aromatic rings. The minimum absolute atomic E-state index is 0.141. The average Bonchev–Trinajstić information content (AvgIpc) is 3.68. The van der Waals surface area contributed by atoms with E-state index in [4.69, 9.17) is 69.2 Å². The third-order valence-corrected chi connectivity index (χ3v) is 9.28. The Labute approximate surface area is 358 Å². The van der Waals surface area contributed by atoms with Gasteiger partial charge < -0.3 is 21.3 Å². The predicted molar refractivity (Wildman–Crippen MR) is 225 cm³/mol. The molecular formula is C39H33Cl5N10O3. The Bertz CT molecular complexity index is 2570. The maximum Gasteiger partial charge on any atom is 0.259 e. The van der Waals surface area contributed by atoms with Gasteiger partial charge in [-0.2, -0.15) is 0 Å². The maximum absolute atomic E-state index is 12.5. The second-order valence-corrected chi connectivity index (χ2v) is 13.5. The zero-order valence-corrected chi connectivity index (χ0v) is 33.8. The van der Waals surface area contributed by atoms with Crippen molar-refractivity contribution in [1.82, 2.24) is 29.9 Å². The number of aryl methyl sites for hydroxylation is 3. The summed E-state index contributed by atoms with van der Waals surface area (Å²) in [5, 5.41) is 5.79. The van der Waals surface area contributed by atoms with E-state index < -0.39 is 24.0 Å². The Hall–Kier alpha value is -5.44. The molecule has 0 bridgehead atoms. The Morgan fingerprint density at radius 3 is 1.81 bits per heavy atom. The molecule has 6 aromatic heterocycles. The molecule has 1 aliphatic heterocycles. The van der Waals surface area contributed by atoms with Gasteiger partial charge in [0.25, 0.3) is 17.1 Å². The first-order chi connectivity index (χ1) is 28.8. The van der Waals surface area contributed by atoms with E-state index in [0.29, 0.717) is 33.6 Å². The number of hydrogen-bond donors (Lipinski definition) is 3. The number of anilines is 5. The van der Waals surface area contributed by atoms with Gasteiger partial charge >= 0.3 is 0 Å². The highest BCUT2D eigenvalue weighted by Gasteiger charge is 2.38. The zero-order chi connectivity index (χ0) is 44.8. The molecule has 13 nitrogen and oxygen atoms in total. The van der Waals surface area contributed by atoms with Crippen molar-refractivity contribution in [3.05, 3.63) is 146 Å². The predicted octanol–water partition coefficient (Wildman–Crippen LogP) is 9.73. The first-order valence-electron chi connectivity index (χ1n) is 18.5. The van der Waals surface area contributed by atoms with Crippen molar-refractivity contribution in [3.8, 4) is 0 Å². The molecule has 0 spiro atoms. The molecule has 4 N–H and O–H groups in total. The molecule has 0 saturated heterocycles. The summed E-state index contributed by atoms with van der Waals surface area (Å²) < 4.78 is 32.0. The number of aromatic nitrogens is 6. The first-order valence-corrected chi connectivity index (χ1v) is 18.4. The number of rotatable bonds is 4. The smallest absolute Gasteiger partial charge is 0.259 e. The van der Waals surface area contributed by atoms with Crippen LogP contribution in [0.3, 0.4) is 0 Å². The van der Waals surface area contributed by atoms with E-state index in [1.165, 1.54) is 29.6 Å². The molecule has 2 aliphatic rings. The number of nitrogen functional groups attached to an aromatic ring is 1. The van der Waals surface area contributed by atoms with E-state index in [1.807, 2.05) is 19.9 Å². The fourth-order valence-electron chi connectivity index (χ4n) is 4.82. The highest BCUT2D eigenvalue weighted by atomic mass is 35.5. The number of halogens is 5. The quantitative estimate of drug-likeness (QED) is 0.113. The van der Waals surface area contributed by atoms with Crippen molar-refractivity contribution >= 4 is 104 Å². The fourth-order valence-corrected chi connectivity index (χ4v) is 5.89. The van der Waals surface area contributed by atoms with Gasteiger partial charge in [-0.3, -0.25) is 14.4 Å². The lowest BCUT2D eigenvalue weighted by Gasteiger charge is -2.23. The number of amides is 2. The summed E-state index contributed by atoms with van der Waals surface area (Å²) in [4.78, 5) is 60.2. The van der Waals surface area contributed by atoms with E-state index >= 15 is 0 Å². The summed E-state index contributed by atoms with van der Waals surface area (Å²) in [6.45, 7) is 5.52. The van der Waals surface area contributed by atoms with Crippen LogP contribution in [0.1, 0.15) is 66.0 Å². The van der Waals surface area contributed by atoms with Crippen molar-refractivity contribution in [2.75, 3.05) is 21.3 Å². The third kappa shape index (κ3) is 10.9. The van der Waals surface area contributed by atoms with E-state index in [1.54, 1.807) is 68.0 Å². The molecule has 2 amide bonds. The lowest BCUT2D eigenvalue weighted by atomic mass is 10.2. The van der Waals surface area contributed by atoms with Crippen LogP contribution in [0.2, 0.25) is 20.6 Å². The Kier molecular flexibility index (Phi) is 12.8. The second kappa shape index (κ2) is 19.6. The number of nitrogens with one attached hydrogen (secondary N) is 2. The van der Waals surface area contributed by atoms with Crippen LogP contribution < -0.4 is 21.3 Å². The summed E-state index contributed by atoms with van der Waals surface area (Å²) in [5.41, 5.74) is 10.3. The number of nitrogens with zero attached hydrogens (tertiary/aromatic N) is 7. The van der Waals surface area contributed by atoms with Crippen molar-refractivity contribution in [3.63, 3.8) is 0 Å². The molecule has 1 fully saturated rings. The van der Waals surface area contributed by atoms with Gasteiger partial charge in [0.2, 0.25) is 0 Å². The second-order valence-electron chi connectivity index (χ2n) is 11.8. The van der Waals surface area contributed by atoms with E-state index in [0.717, 1.165) is 16.7 Å². The van der Waals surface area contributed by atoms with Gasteiger partial charge in [0.15, 0.2) is 16.1 Å². The van der Waals surface area contributed by atoms with Crippen LogP contribution in [0.4, 0.5) is 28.7 Å². The summed E-state index contributed by atoms with van der Waals surface area (Å²) in [6, 6.07) is 13.7. The van der Waals surface area contributed by atoms with E-state index in [9.17, 15) is 14.4 Å². The lowest BCUT2D eigenvalue weighted by molar-refractivity contribution is 0.101. The molecule has 1 aliphatic carbocycles. The summed E-state index contributed by atoms with van der Waals surface area (Å²) in [7, 11) is 0. The fraction of sp³-hybridized carbons (Fsp3) is 0.154. The summed E-state index contributed by atoms with van der Waals surface area (Å²) in [6.07, 6.45) is 5.11. The molecule has 0 radical (unpaired) electrons. The van der Waals surface area contributed by atoms with E-state index in [2.05, 4.69) is 40.5 Å². The minimum atomic E-state index is -2.07.